The Labute approximate surface area is 178 Å². The molecule has 0 unspecified atom stereocenters. The second kappa shape index (κ2) is 8.21. The third kappa shape index (κ3) is 4.42. The monoisotopic (exact) mass is 423 g/mol. The van der Waals surface area contributed by atoms with Gasteiger partial charge in [0.15, 0.2) is 5.78 Å². The number of hydrogen-bond donors (Lipinski definition) is 2. The van der Waals surface area contributed by atoms with Crippen molar-refractivity contribution in [1.82, 2.24) is 24.5 Å². The molecule has 0 aromatic carbocycles. The van der Waals surface area contributed by atoms with Crippen LogP contribution in [-0.4, -0.2) is 42.4 Å². The summed E-state index contributed by atoms with van der Waals surface area (Å²) in [6.45, 7) is 5.52. The van der Waals surface area contributed by atoms with Crippen LogP contribution >= 0.6 is 0 Å². The Morgan fingerprint density at radius 3 is 2.68 bits per heavy atom. The highest BCUT2D eigenvalue weighted by molar-refractivity contribution is 5.95. The Kier molecular flexibility index (Phi) is 5.45. The molecular formula is C21H22FN7O2. The summed E-state index contributed by atoms with van der Waals surface area (Å²) in [6.07, 6.45) is 4.26. The van der Waals surface area contributed by atoms with Crippen LogP contribution in [0.1, 0.15) is 41.5 Å². The van der Waals surface area contributed by atoms with Crippen molar-refractivity contribution in [3.05, 3.63) is 47.8 Å². The molecule has 31 heavy (non-hydrogen) atoms. The number of ketones is 1. The first-order valence-electron chi connectivity index (χ1n) is 9.96. The number of amides is 1. The van der Waals surface area contributed by atoms with E-state index in [0.29, 0.717) is 29.6 Å². The number of hydrogen-bond acceptors (Lipinski definition) is 7. The maximum atomic E-state index is 13.1. The molecule has 4 rings (SSSR count). The van der Waals surface area contributed by atoms with E-state index in [1.165, 1.54) is 6.33 Å². The Hall–Kier alpha value is -3.69. The van der Waals surface area contributed by atoms with Gasteiger partial charge in [0.2, 0.25) is 11.9 Å². The fourth-order valence-corrected chi connectivity index (χ4v) is 3.10. The van der Waals surface area contributed by atoms with Gasteiger partial charge in [-0.1, -0.05) is 6.92 Å². The summed E-state index contributed by atoms with van der Waals surface area (Å²) in [5.41, 5.74) is 2.71. The normalized spacial score (nSPS) is 17.3. The molecule has 3 aromatic heterocycles. The summed E-state index contributed by atoms with van der Waals surface area (Å²) in [6, 6.07) is 3.33. The van der Waals surface area contributed by atoms with Gasteiger partial charge in [0.05, 0.1) is 23.5 Å². The van der Waals surface area contributed by atoms with Crippen molar-refractivity contribution < 1.29 is 14.0 Å². The Morgan fingerprint density at radius 1 is 1.23 bits per heavy atom. The Morgan fingerprint density at radius 2 is 2.00 bits per heavy atom. The van der Waals surface area contributed by atoms with Gasteiger partial charge in [0, 0.05) is 18.7 Å². The standard InChI is InChI=1S/C21H22FN7O2/c1-4-17(30)15-5-11(2)16(8-23-15)27-21-26-12(3)9-29(21)19-7-18(24-10-25-19)28-20(31)13-6-14(13)22/h5,7-10,13-14H,4,6H2,1-3H3,(H,26,27)(H,24,25,28,31)/t13-,14+/m0/s1. The molecule has 3 aromatic rings. The van der Waals surface area contributed by atoms with Gasteiger partial charge in [-0.25, -0.2) is 19.3 Å². The molecule has 1 aliphatic rings. The number of imidazole rings is 1. The lowest BCUT2D eigenvalue weighted by atomic mass is 10.1. The van der Waals surface area contributed by atoms with Crippen molar-refractivity contribution in [2.45, 2.75) is 39.8 Å². The zero-order chi connectivity index (χ0) is 22.1. The first-order valence-corrected chi connectivity index (χ1v) is 9.96. The molecule has 0 aliphatic heterocycles. The second-order valence-corrected chi connectivity index (χ2v) is 7.47. The third-order valence-corrected chi connectivity index (χ3v) is 4.99. The second-order valence-electron chi connectivity index (χ2n) is 7.47. The fraction of sp³-hybridized carbons (Fsp3) is 0.333. The smallest absolute Gasteiger partial charge is 0.231 e. The van der Waals surface area contributed by atoms with Crippen LogP contribution in [0.2, 0.25) is 0 Å². The van der Waals surface area contributed by atoms with E-state index < -0.39 is 12.1 Å². The van der Waals surface area contributed by atoms with Crippen LogP contribution < -0.4 is 10.6 Å². The molecular weight excluding hydrogens is 401 g/mol. The molecule has 1 amide bonds. The van der Waals surface area contributed by atoms with Crippen molar-refractivity contribution >= 4 is 29.1 Å². The number of nitrogens with one attached hydrogen (secondary N) is 2. The average Bonchev–Trinajstić information content (AvgIpc) is 3.38. The average molecular weight is 423 g/mol. The van der Waals surface area contributed by atoms with Gasteiger partial charge in [0.25, 0.3) is 0 Å². The molecule has 0 bridgehead atoms. The maximum Gasteiger partial charge on any atom is 0.231 e. The number of carbonyl (C=O) groups is 2. The highest BCUT2D eigenvalue weighted by Crippen LogP contribution is 2.34. The highest BCUT2D eigenvalue weighted by atomic mass is 19.1. The molecule has 1 aliphatic carbocycles. The molecule has 1 fully saturated rings. The highest BCUT2D eigenvalue weighted by Gasteiger charge is 2.43. The number of carbonyl (C=O) groups excluding carboxylic acids is 2. The number of anilines is 3. The lowest BCUT2D eigenvalue weighted by Gasteiger charge is -2.12. The lowest BCUT2D eigenvalue weighted by molar-refractivity contribution is -0.117. The first kappa shape index (κ1) is 20.6. The summed E-state index contributed by atoms with van der Waals surface area (Å²) in [7, 11) is 0. The third-order valence-electron chi connectivity index (χ3n) is 4.99. The topological polar surface area (TPSA) is 115 Å². The number of aryl methyl sites for hydroxylation is 2. The van der Waals surface area contributed by atoms with Gasteiger partial charge >= 0.3 is 0 Å². The van der Waals surface area contributed by atoms with Gasteiger partial charge in [0.1, 0.15) is 29.8 Å². The first-order chi connectivity index (χ1) is 14.9. The maximum absolute atomic E-state index is 13.1. The van der Waals surface area contributed by atoms with Crippen molar-refractivity contribution in [3.63, 3.8) is 0 Å². The van der Waals surface area contributed by atoms with E-state index in [0.717, 1.165) is 11.3 Å². The molecule has 9 nitrogen and oxygen atoms in total. The summed E-state index contributed by atoms with van der Waals surface area (Å²) in [4.78, 5) is 40.9. The van der Waals surface area contributed by atoms with E-state index in [-0.39, 0.29) is 23.9 Å². The molecule has 2 atom stereocenters. The van der Waals surface area contributed by atoms with E-state index in [1.807, 2.05) is 13.8 Å². The number of rotatable bonds is 7. The van der Waals surface area contributed by atoms with Gasteiger partial charge in [-0.15, -0.1) is 0 Å². The summed E-state index contributed by atoms with van der Waals surface area (Å²) < 4.78 is 14.8. The van der Waals surface area contributed by atoms with Crippen molar-refractivity contribution in [3.8, 4) is 5.82 Å². The van der Waals surface area contributed by atoms with Gasteiger partial charge in [-0.05, 0) is 31.9 Å². The van der Waals surface area contributed by atoms with Crippen LogP contribution in [0, 0.1) is 19.8 Å². The summed E-state index contributed by atoms with van der Waals surface area (Å²) >= 11 is 0. The summed E-state index contributed by atoms with van der Waals surface area (Å²) in [5.74, 6) is 0.229. The molecule has 3 heterocycles. The van der Waals surface area contributed by atoms with Crippen LogP contribution in [0.3, 0.4) is 0 Å². The van der Waals surface area contributed by atoms with Crippen LogP contribution in [0.15, 0.2) is 30.9 Å². The van der Waals surface area contributed by atoms with Crippen LogP contribution in [0.25, 0.3) is 5.82 Å². The van der Waals surface area contributed by atoms with E-state index >= 15 is 0 Å². The molecule has 160 valence electrons. The molecule has 10 heteroatoms. The summed E-state index contributed by atoms with van der Waals surface area (Å²) in [5, 5.41) is 5.84. The van der Waals surface area contributed by atoms with E-state index in [1.54, 1.807) is 36.0 Å². The molecule has 0 spiro atoms. The van der Waals surface area contributed by atoms with Crippen molar-refractivity contribution in [2.75, 3.05) is 10.6 Å². The molecule has 0 saturated heterocycles. The van der Waals surface area contributed by atoms with Gasteiger partial charge in [-0.2, -0.15) is 0 Å². The van der Waals surface area contributed by atoms with Crippen molar-refractivity contribution in [1.29, 1.82) is 0 Å². The number of pyridine rings is 1. The fourth-order valence-electron chi connectivity index (χ4n) is 3.10. The number of alkyl halides is 1. The minimum Gasteiger partial charge on any atom is -0.324 e. The van der Waals surface area contributed by atoms with E-state index in [4.69, 9.17) is 0 Å². The Bertz CT molecular complexity index is 1160. The van der Waals surface area contributed by atoms with Crippen LogP contribution in [0.5, 0.6) is 0 Å². The Balaban J connectivity index is 1.59. The van der Waals surface area contributed by atoms with Crippen LogP contribution in [0.4, 0.5) is 21.8 Å². The van der Waals surface area contributed by atoms with E-state index in [2.05, 4.69) is 30.6 Å². The largest absolute Gasteiger partial charge is 0.324 e. The number of aromatic nitrogens is 5. The minimum atomic E-state index is -1.08. The SMILES string of the molecule is CCC(=O)c1cc(C)c(Nc2nc(C)cn2-c2cc(NC(=O)[C@H]3C[C@H]3F)ncn2)cn1. The number of Topliss-reactive ketones (excluding diaryl/α,β-unsaturated/α-hetero) is 1. The lowest BCUT2D eigenvalue weighted by Crippen LogP contribution is -2.16. The van der Waals surface area contributed by atoms with Gasteiger partial charge < -0.3 is 10.6 Å². The quantitative estimate of drug-likeness (QED) is 0.560. The molecule has 2 N–H and O–H groups in total. The van der Waals surface area contributed by atoms with Crippen molar-refractivity contribution in [2.24, 2.45) is 5.92 Å². The number of halogens is 1. The van der Waals surface area contributed by atoms with Gasteiger partial charge in [-0.3, -0.25) is 19.1 Å². The zero-order valence-electron chi connectivity index (χ0n) is 17.4. The predicted octanol–water partition coefficient (Wildman–Crippen LogP) is 3.31. The van der Waals surface area contributed by atoms with Crippen LogP contribution in [-0.2, 0) is 4.79 Å². The molecule has 1 saturated carbocycles. The zero-order valence-corrected chi connectivity index (χ0v) is 17.4. The number of nitrogens with zero attached hydrogens (tertiary/aromatic N) is 5. The predicted molar refractivity (Wildman–Crippen MR) is 112 cm³/mol. The minimum absolute atomic E-state index is 0.0205. The molecule has 0 radical (unpaired) electrons. The van der Waals surface area contributed by atoms with E-state index in [9.17, 15) is 14.0 Å².